The highest BCUT2D eigenvalue weighted by molar-refractivity contribution is 5.92. The number of hydrogen-bond acceptors (Lipinski definition) is 3. The lowest BCUT2D eigenvalue weighted by Gasteiger charge is -2.10. The molecule has 0 aromatic heterocycles. The highest BCUT2D eigenvalue weighted by Gasteiger charge is 2.04. The van der Waals surface area contributed by atoms with Crippen molar-refractivity contribution < 1.29 is 9.59 Å². The molecule has 0 unspecified atom stereocenters. The van der Waals surface area contributed by atoms with Gasteiger partial charge in [-0.25, -0.2) is 0 Å². The van der Waals surface area contributed by atoms with Crippen LogP contribution >= 0.6 is 0 Å². The molecule has 120 valence electrons. The molecular formula is C18H21N3O2. The molecule has 0 spiro atoms. The lowest BCUT2D eigenvalue weighted by atomic mass is 10.2. The third-order valence-electron chi connectivity index (χ3n) is 3.28. The molecule has 23 heavy (non-hydrogen) atoms. The van der Waals surface area contributed by atoms with Crippen LogP contribution in [-0.2, 0) is 9.59 Å². The summed E-state index contributed by atoms with van der Waals surface area (Å²) in [6.07, 6.45) is 0.360. The van der Waals surface area contributed by atoms with E-state index >= 15 is 0 Å². The van der Waals surface area contributed by atoms with Crippen molar-refractivity contribution >= 4 is 28.9 Å². The molecule has 0 saturated heterocycles. The zero-order valence-corrected chi connectivity index (χ0v) is 13.3. The van der Waals surface area contributed by atoms with Gasteiger partial charge in [-0.05, 0) is 36.8 Å². The van der Waals surface area contributed by atoms with Crippen LogP contribution in [0.4, 0.5) is 17.1 Å². The molecule has 0 aliphatic carbocycles. The molecule has 0 saturated carbocycles. The van der Waals surface area contributed by atoms with Crippen molar-refractivity contribution in [1.82, 2.24) is 0 Å². The minimum atomic E-state index is -0.111. The summed E-state index contributed by atoms with van der Waals surface area (Å²) in [6, 6.07) is 15.1. The van der Waals surface area contributed by atoms with Crippen molar-refractivity contribution in [2.45, 2.75) is 20.3 Å². The first-order chi connectivity index (χ1) is 11.0. The number of anilines is 3. The number of nitrogens with one attached hydrogen (secondary N) is 3. The fraction of sp³-hybridized carbons (Fsp3) is 0.222. The van der Waals surface area contributed by atoms with Crippen LogP contribution < -0.4 is 16.0 Å². The monoisotopic (exact) mass is 311 g/mol. The maximum atomic E-state index is 12.0. The average molecular weight is 311 g/mol. The summed E-state index contributed by atoms with van der Waals surface area (Å²) >= 11 is 0. The maximum Gasteiger partial charge on any atom is 0.226 e. The summed E-state index contributed by atoms with van der Waals surface area (Å²) < 4.78 is 0. The fourth-order valence-corrected chi connectivity index (χ4v) is 2.16. The largest absolute Gasteiger partial charge is 0.384 e. The number of para-hydroxylation sites is 1. The van der Waals surface area contributed by atoms with Gasteiger partial charge in [0.05, 0.1) is 0 Å². The van der Waals surface area contributed by atoms with E-state index < -0.39 is 0 Å². The quantitative estimate of drug-likeness (QED) is 0.766. The smallest absolute Gasteiger partial charge is 0.226 e. The Hall–Kier alpha value is -2.82. The summed E-state index contributed by atoms with van der Waals surface area (Å²) in [5, 5.41) is 8.80. The first-order valence-electron chi connectivity index (χ1n) is 7.51. The van der Waals surface area contributed by atoms with Crippen LogP contribution in [0.1, 0.15) is 18.9 Å². The molecule has 0 bridgehead atoms. The summed E-state index contributed by atoms with van der Waals surface area (Å²) in [5.74, 6) is -0.149. The zero-order valence-electron chi connectivity index (χ0n) is 13.3. The molecule has 2 amide bonds. The van der Waals surface area contributed by atoms with E-state index in [1.54, 1.807) is 0 Å². The Balaban J connectivity index is 1.81. The summed E-state index contributed by atoms with van der Waals surface area (Å²) in [5.41, 5.74) is 3.47. The summed E-state index contributed by atoms with van der Waals surface area (Å²) in [6.45, 7) is 3.94. The molecule has 0 atom stereocenters. The lowest BCUT2D eigenvalue weighted by Crippen LogP contribution is -2.16. The third kappa shape index (κ3) is 5.47. The highest BCUT2D eigenvalue weighted by atomic mass is 16.2. The van der Waals surface area contributed by atoms with Gasteiger partial charge in [0.1, 0.15) is 0 Å². The predicted octanol–water partition coefficient (Wildman–Crippen LogP) is 3.39. The maximum absolute atomic E-state index is 12.0. The molecule has 2 aromatic carbocycles. The molecule has 0 aliphatic heterocycles. The topological polar surface area (TPSA) is 70.2 Å². The van der Waals surface area contributed by atoms with Crippen molar-refractivity contribution in [2.75, 3.05) is 22.5 Å². The van der Waals surface area contributed by atoms with Gasteiger partial charge in [-0.2, -0.15) is 0 Å². The first-order valence-corrected chi connectivity index (χ1v) is 7.51. The van der Waals surface area contributed by atoms with Crippen molar-refractivity contribution in [3.63, 3.8) is 0 Å². The molecule has 0 aliphatic rings. The van der Waals surface area contributed by atoms with E-state index in [0.717, 1.165) is 22.6 Å². The third-order valence-corrected chi connectivity index (χ3v) is 3.28. The molecule has 0 radical (unpaired) electrons. The Morgan fingerprint density at radius 1 is 0.957 bits per heavy atom. The van der Waals surface area contributed by atoms with E-state index in [0.29, 0.717) is 13.0 Å². The number of carbonyl (C=O) groups is 2. The van der Waals surface area contributed by atoms with Gasteiger partial charge in [0.2, 0.25) is 11.8 Å². The van der Waals surface area contributed by atoms with Crippen molar-refractivity contribution in [1.29, 1.82) is 0 Å². The molecule has 0 fully saturated rings. The van der Waals surface area contributed by atoms with Gasteiger partial charge in [0, 0.05) is 37.0 Å². The molecule has 5 heteroatoms. The van der Waals surface area contributed by atoms with E-state index in [4.69, 9.17) is 0 Å². The van der Waals surface area contributed by atoms with E-state index in [9.17, 15) is 9.59 Å². The van der Waals surface area contributed by atoms with Gasteiger partial charge >= 0.3 is 0 Å². The second kappa shape index (κ2) is 7.98. The van der Waals surface area contributed by atoms with E-state index in [1.165, 1.54) is 6.92 Å². The fourth-order valence-electron chi connectivity index (χ4n) is 2.16. The normalized spacial score (nSPS) is 10.0. The van der Waals surface area contributed by atoms with Gasteiger partial charge in [-0.15, -0.1) is 0 Å². The van der Waals surface area contributed by atoms with E-state index in [1.807, 2.05) is 55.5 Å². The Kier molecular flexibility index (Phi) is 5.74. The lowest BCUT2D eigenvalue weighted by molar-refractivity contribution is -0.116. The van der Waals surface area contributed by atoms with Crippen LogP contribution in [0.2, 0.25) is 0 Å². The predicted molar refractivity (Wildman–Crippen MR) is 93.7 cm³/mol. The minimum absolute atomic E-state index is 0.0372. The Labute approximate surface area is 136 Å². The standard InChI is InChI=1S/C18H21N3O2/c1-13-6-3-4-9-17(13)21-18(23)10-11-19-15-7-5-8-16(12-15)20-14(2)22/h3-9,12,19H,10-11H2,1-2H3,(H,20,22)(H,21,23). The number of rotatable bonds is 6. The van der Waals surface area contributed by atoms with Gasteiger partial charge in [0.15, 0.2) is 0 Å². The zero-order chi connectivity index (χ0) is 16.7. The van der Waals surface area contributed by atoms with Crippen LogP contribution in [-0.4, -0.2) is 18.4 Å². The average Bonchev–Trinajstić information content (AvgIpc) is 2.49. The molecule has 3 N–H and O–H groups in total. The molecular weight excluding hydrogens is 290 g/mol. The van der Waals surface area contributed by atoms with Crippen molar-refractivity contribution in [2.24, 2.45) is 0 Å². The highest BCUT2D eigenvalue weighted by Crippen LogP contribution is 2.16. The summed E-state index contributed by atoms with van der Waals surface area (Å²) in [7, 11) is 0. The molecule has 2 aromatic rings. The van der Waals surface area contributed by atoms with E-state index in [-0.39, 0.29) is 11.8 Å². The number of hydrogen-bond donors (Lipinski definition) is 3. The number of aryl methyl sites for hydroxylation is 1. The second-order valence-electron chi connectivity index (χ2n) is 5.30. The van der Waals surface area contributed by atoms with Crippen LogP contribution in [0.5, 0.6) is 0 Å². The van der Waals surface area contributed by atoms with Gasteiger partial charge < -0.3 is 16.0 Å². The van der Waals surface area contributed by atoms with Gasteiger partial charge in [-0.3, -0.25) is 9.59 Å². The SMILES string of the molecule is CC(=O)Nc1cccc(NCCC(=O)Nc2ccccc2C)c1. The van der Waals surface area contributed by atoms with Gasteiger partial charge in [-0.1, -0.05) is 24.3 Å². The van der Waals surface area contributed by atoms with Crippen molar-refractivity contribution in [3.05, 3.63) is 54.1 Å². The summed E-state index contributed by atoms with van der Waals surface area (Å²) in [4.78, 5) is 23.0. The van der Waals surface area contributed by atoms with Crippen LogP contribution in [0.3, 0.4) is 0 Å². The Morgan fingerprint density at radius 2 is 1.70 bits per heavy atom. The van der Waals surface area contributed by atoms with Crippen LogP contribution in [0.25, 0.3) is 0 Å². The van der Waals surface area contributed by atoms with Gasteiger partial charge in [0.25, 0.3) is 0 Å². The minimum Gasteiger partial charge on any atom is -0.384 e. The Morgan fingerprint density at radius 3 is 2.43 bits per heavy atom. The number of carbonyl (C=O) groups excluding carboxylic acids is 2. The molecule has 0 heterocycles. The number of amides is 2. The first kappa shape index (κ1) is 16.5. The van der Waals surface area contributed by atoms with Crippen LogP contribution in [0.15, 0.2) is 48.5 Å². The Bertz CT molecular complexity index is 698. The van der Waals surface area contributed by atoms with Crippen LogP contribution in [0, 0.1) is 6.92 Å². The molecule has 5 nitrogen and oxygen atoms in total. The number of benzene rings is 2. The molecule has 2 rings (SSSR count). The van der Waals surface area contributed by atoms with E-state index in [2.05, 4.69) is 16.0 Å². The van der Waals surface area contributed by atoms with Crippen molar-refractivity contribution in [3.8, 4) is 0 Å². The second-order valence-corrected chi connectivity index (χ2v) is 5.30.